The number of rotatable bonds is 6. The Labute approximate surface area is 171 Å². The molecule has 0 aliphatic carbocycles. The zero-order chi connectivity index (χ0) is 20.3. The van der Waals surface area contributed by atoms with Crippen LogP contribution in [0.4, 0.5) is 10.8 Å². The number of methoxy groups -OCH3 is 1. The van der Waals surface area contributed by atoms with E-state index >= 15 is 0 Å². The van der Waals surface area contributed by atoms with Crippen LogP contribution in [0.15, 0.2) is 53.4 Å². The monoisotopic (exact) mass is 437 g/mol. The van der Waals surface area contributed by atoms with Gasteiger partial charge in [0.15, 0.2) is 5.13 Å². The van der Waals surface area contributed by atoms with Crippen molar-refractivity contribution < 1.29 is 17.9 Å². The number of carbonyl (C=O) groups excluding carboxylic acids is 1. The van der Waals surface area contributed by atoms with Crippen LogP contribution in [0.25, 0.3) is 0 Å². The van der Waals surface area contributed by atoms with Crippen molar-refractivity contribution in [3.05, 3.63) is 64.1 Å². The molecule has 0 aliphatic rings. The normalized spacial score (nSPS) is 11.1. The Hall–Kier alpha value is -2.62. The molecule has 1 aromatic heterocycles. The lowest BCUT2D eigenvalue weighted by molar-refractivity contribution is 0.103. The number of hydrogen-bond acceptors (Lipinski definition) is 6. The number of thiazole rings is 1. The van der Waals surface area contributed by atoms with Gasteiger partial charge in [0, 0.05) is 10.7 Å². The highest BCUT2D eigenvalue weighted by Gasteiger charge is 2.20. The molecule has 3 rings (SSSR count). The fraction of sp³-hybridized carbons (Fsp3) is 0.111. The third kappa shape index (κ3) is 4.61. The van der Waals surface area contributed by atoms with E-state index in [1.54, 1.807) is 43.3 Å². The maximum atomic E-state index is 12.5. The van der Waals surface area contributed by atoms with Gasteiger partial charge in [-0.2, -0.15) is 0 Å². The van der Waals surface area contributed by atoms with Gasteiger partial charge >= 0.3 is 0 Å². The number of amides is 1. The van der Waals surface area contributed by atoms with E-state index in [-0.39, 0.29) is 10.0 Å². The molecular formula is C18H16ClN3O4S2. The molecule has 2 N–H and O–H groups in total. The number of hydrogen-bond donors (Lipinski definition) is 2. The Morgan fingerprint density at radius 2 is 1.89 bits per heavy atom. The summed E-state index contributed by atoms with van der Waals surface area (Å²) in [5.41, 5.74) is 0.947. The van der Waals surface area contributed by atoms with Crippen molar-refractivity contribution in [3.8, 4) is 5.75 Å². The first-order valence-corrected chi connectivity index (χ1v) is 10.7. The largest absolute Gasteiger partial charge is 0.497 e. The Bertz CT molecular complexity index is 1110. The number of aromatic nitrogens is 1. The first kappa shape index (κ1) is 20.1. The van der Waals surface area contributed by atoms with E-state index in [2.05, 4.69) is 15.0 Å². The van der Waals surface area contributed by atoms with Gasteiger partial charge in [-0.3, -0.25) is 9.52 Å². The van der Waals surface area contributed by atoms with Crippen molar-refractivity contribution in [2.24, 2.45) is 0 Å². The van der Waals surface area contributed by atoms with Crippen molar-refractivity contribution in [2.75, 3.05) is 17.1 Å². The summed E-state index contributed by atoms with van der Waals surface area (Å²) in [5, 5.41) is 3.31. The van der Waals surface area contributed by atoms with Gasteiger partial charge in [-0.25, -0.2) is 13.4 Å². The highest BCUT2D eigenvalue weighted by molar-refractivity contribution is 7.93. The molecule has 0 spiro atoms. The Morgan fingerprint density at radius 3 is 2.54 bits per heavy atom. The van der Waals surface area contributed by atoms with Gasteiger partial charge in [-0.15, -0.1) is 0 Å². The minimum Gasteiger partial charge on any atom is -0.497 e. The van der Waals surface area contributed by atoms with Gasteiger partial charge in [0.05, 0.1) is 17.7 Å². The maximum Gasteiger partial charge on any atom is 0.267 e. The van der Waals surface area contributed by atoms with Gasteiger partial charge in [-0.1, -0.05) is 29.0 Å². The first-order valence-electron chi connectivity index (χ1n) is 8.00. The minimum absolute atomic E-state index is 0.0612. The van der Waals surface area contributed by atoms with Gasteiger partial charge in [0.1, 0.15) is 10.6 Å². The highest BCUT2D eigenvalue weighted by atomic mass is 35.5. The van der Waals surface area contributed by atoms with E-state index in [0.29, 0.717) is 27.0 Å². The van der Waals surface area contributed by atoms with Gasteiger partial charge in [-0.05, 0) is 49.4 Å². The molecule has 0 saturated heterocycles. The number of ether oxygens (including phenoxy) is 1. The molecule has 1 heterocycles. The number of anilines is 2. The van der Waals surface area contributed by atoms with Crippen molar-refractivity contribution >= 4 is 49.7 Å². The maximum absolute atomic E-state index is 12.5. The smallest absolute Gasteiger partial charge is 0.267 e. The van der Waals surface area contributed by atoms with E-state index in [1.807, 2.05) is 0 Å². The molecule has 0 saturated carbocycles. The van der Waals surface area contributed by atoms with Crippen LogP contribution >= 0.6 is 22.9 Å². The Morgan fingerprint density at radius 1 is 1.18 bits per heavy atom. The summed E-state index contributed by atoms with van der Waals surface area (Å²) >= 11 is 6.86. The van der Waals surface area contributed by atoms with Crippen molar-refractivity contribution in [1.82, 2.24) is 4.98 Å². The molecule has 0 aliphatic heterocycles. The molecule has 1 amide bonds. The molecular weight excluding hydrogens is 422 g/mol. The zero-order valence-electron chi connectivity index (χ0n) is 14.9. The van der Waals surface area contributed by atoms with E-state index < -0.39 is 15.9 Å². The summed E-state index contributed by atoms with van der Waals surface area (Å²) in [6.45, 7) is 1.63. The molecule has 0 radical (unpaired) electrons. The second-order valence-electron chi connectivity index (χ2n) is 5.68. The average Bonchev–Trinajstić information content (AvgIpc) is 3.01. The third-order valence-corrected chi connectivity index (χ3v) is 6.47. The molecule has 0 bridgehead atoms. The minimum atomic E-state index is -3.84. The van der Waals surface area contributed by atoms with Crippen LogP contribution < -0.4 is 14.8 Å². The second kappa shape index (κ2) is 8.17. The molecule has 10 heteroatoms. The zero-order valence-corrected chi connectivity index (χ0v) is 17.3. The molecule has 2 aromatic carbocycles. The molecule has 0 unspecified atom stereocenters. The lowest BCUT2D eigenvalue weighted by Crippen LogP contribution is -2.12. The second-order valence-corrected chi connectivity index (χ2v) is 8.80. The number of nitrogens with zero attached hydrogens (tertiary/aromatic N) is 1. The molecule has 0 fully saturated rings. The van der Waals surface area contributed by atoms with Crippen molar-refractivity contribution in [1.29, 1.82) is 0 Å². The van der Waals surface area contributed by atoms with Crippen LogP contribution in [0.3, 0.4) is 0 Å². The summed E-state index contributed by atoms with van der Waals surface area (Å²) in [5.74, 6) is 0.149. The number of aryl methyl sites for hydroxylation is 1. The topological polar surface area (TPSA) is 97.4 Å². The predicted molar refractivity (Wildman–Crippen MR) is 110 cm³/mol. The summed E-state index contributed by atoms with van der Waals surface area (Å²) in [4.78, 5) is 17.0. The lowest BCUT2D eigenvalue weighted by Gasteiger charge is -2.06. The van der Waals surface area contributed by atoms with Gasteiger partial charge in [0.2, 0.25) is 0 Å². The Balaban J connectivity index is 1.78. The van der Waals surface area contributed by atoms with Gasteiger partial charge < -0.3 is 10.1 Å². The third-order valence-electron chi connectivity index (χ3n) is 3.68. The van der Waals surface area contributed by atoms with Crippen LogP contribution in [-0.4, -0.2) is 26.4 Å². The number of sulfonamides is 1. The average molecular weight is 438 g/mol. The molecule has 3 aromatic rings. The standard InChI is InChI=1S/C18H16ClN3O4S2/c1-11-16(17(23)21-13-5-3-4-12(19)10-13)27-18(20-11)22-28(24,25)15-8-6-14(26-2)7-9-15/h3-10H,1-2H3,(H,20,22)(H,21,23). The lowest BCUT2D eigenvalue weighted by atomic mass is 10.3. The quantitative estimate of drug-likeness (QED) is 0.603. The number of benzene rings is 2. The Kier molecular flexibility index (Phi) is 5.87. The highest BCUT2D eigenvalue weighted by Crippen LogP contribution is 2.27. The fourth-order valence-corrected chi connectivity index (χ4v) is 4.62. The van der Waals surface area contributed by atoms with Crippen LogP contribution in [-0.2, 0) is 10.0 Å². The summed E-state index contributed by atoms with van der Waals surface area (Å²) in [6.07, 6.45) is 0. The number of halogens is 1. The van der Waals surface area contributed by atoms with Crippen LogP contribution in [0.5, 0.6) is 5.75 Å². The number of nitrogens with one attached hydrogen (secondary N) is 2. The predicted octanol–water partition coefficient (Wildman–Crippen LogP) is 4.17. The first-order chi connectivity index (χ1) is 13.3. The van der Waals surface area contributed by atoms with Crippen molar-refractivity contribution in [2.45, 2.75) is 11.8 Å². The SMILES string of the molecule is COc1ccc(S(=O)(=O)Nc2nc(C)c(C(=O)Nc3cccc(Cl)c3)s2)cc1. The van der Waals surface area contributed by atoms with Crippen LogP contribution in [0.1, 0.15) is 15.4 Å². The molecule has 28 heavy (non-hydrogen) atoms. The van der Waals surface area contributed by atoms with Crippen LogP contribution in [0.2, 0.25) is 5.02 Å². The summed E-state index contributed by atoms with van der Waals surface area (Å²) in [7, 11) is -2.34. The van der Waals surface area contributed by atoms with Crippen LogP contribution in [0, 0.1) is 6.92 Å². The fourth-order valence-electron chi connectivity index (χ4n) is 2.33. The van der Waals surface area contributed by atoms with E-state index in [0.717, 1.165) is 11.3 Å². The van der Waals surface area contributed by atoms with E-state index in [9.17, 15) is 13.2 Å². The van der Waals surface area contributed by atoms with E-state index in [1.165, 1.54) is 19.2 Å². The summed E-state index contributed by atoms with van der Waals surface area (Å²) < 4.78 is 32.5. The summed E-state index contributed by atoms with van der Waals surface area (Å²) in [6, 6.07) is 12.7. The van der Waals surface area contributed by atoms with Gasteiger partial charge in [0.25, 0.3) is 15.9 Å². The van der Waals surface area contributed by atoms with Crippen molar-refractivity contribution in [3.63, 3.8) is 0 Å². The van der Waals surface area contributed by atoms with E-state index in [4.69, 9.17) is 16.3 Å². The number of carbonyl (C=O) groups is 1. The molecule has 0 atom stereocenters. The molecule has 7 nitrogen and oxygen atoms in total. The molecule has 146 valence electrons.